The molecule has 130 valence electrons. The maximum absolute atomic E-state index is 8.74. The first kappa shape index (κ1) is 18.4. The zero-order valence-electron chi connectivity index (χ0n) is 13.5. The zero-order valence-corrected chi connectivity index (χ0v) is 14.3. The van der Waals surface area contributed by atoms with Crippen molar-refractivity contribution in [2.75, 3.05) is 6.61 Å². The van der Waals surface area contributed by atoms with Crippen molar-refractivity contribution in [3.63, 3.8) is 0 Å². The van der Waals surface area contributed by atoms with Crippen LogP contribution in [0.5, 0.6) is 5.75 Å². The standard InChI is InChI=1S/C17H18O2.H2O4S/c1-17(2,14-6-4-3-5-7-14)15-8-9-16-13(12-15)10-11-18-19-16;1-5(2,3)4/h3-9,12H,10-11H2,1-2H3;(H2,1,2,3,4). The van der Waals surface area contributed by atoms with Gasteiger partial charge in [0.15, 0.2) is 5.75 Å². The van der Waals surface area contributed by atoms with Crippen molar-refractivity contribution >= 4 is 10.4 Å². The second-order valence-corrected chi connectivity index (χ2v) is 6.81. The highest BCUT2D eigenvalue weighted by atomic mass is 32.3. The molecule has 0 saturated carbocycles. The third-order valence-corrected chi connectivity index (χ3v) is 3.88. The van der Waals surface area contributed by atoms with Crippen LogP contribution in [-0.2, 0) is 27.1 Å². The Morgan fingerprint density at radius 2 is 1.62 bits per heavy atom. The molecule has 0 unspecified atom stereocenters. The molecule has 1 aliphatic rings. The van der Waals surface area contributed by atoms with Crippen molar-refractivity contribution in [2.24, 2.45) is 0 Å². The Morgan fingerprint density at radius 1 is 1.00 bits per heavy atom. The first-order valence-corrected chi connectivity index (χ1v) is 8.76. The lowest BCUT2D eigenvalue weighted by molar-refractivity contribution is -0.215. The van der Waals surface area contributed by atoms with E-state index in [9.17, 15) is 0 Å². The van der Waals surface area contributed by atoms with E-state index in [0.29, 0.717) is 6.61 Å². The number of hydrogen-bond acceptors (Lipinski definition) is 4. The third-order valence-electron chi connectivity index (χ3n) is 3.88. The molecule has 3 rings (SSSR count). The summed E-state index contributed by atoms with van der Waals surface area (Å²) in [5.74, 6) is 0.846. The summed E-state index contributed by atoms with van der Waals surface area (Å²) in [7, 11) is -4.67. The number of hydrogen-bond donors (Lipinski definition) is 2. The fourth-order valence-corrected chi connectivity index (χ4v) is 2.52. The fraction of sp³-hybridized carbons (Fsp3) is 0.294. The van der Waals surface area contributed by atoms with E-state index in [1.807, 2.05) is 6.07 Å². The van der Waals surface area contributed by atoms with Gasteiger partial charge < -0.3 is 4.89 Å². The van der Waals surface area contributed by atoms with Gasteiger partial charge in [-0.1, -0.05) is 56.3 Å². The summed E-state index contributed by atoms with van der Waals surface area (Å²) in [4.78, 5) is 10.2. The minimum Gasteiger partial charge on any atom is -0.337 e. The predicted octanol–water partition coefficient (Wildman–Crippen LogP) is 3.23. The van der Waals surface area contributed by atoms with E-state index >= 15 is 0 Å². The van der Waals surface area contributed by atoms with Crippen molar-refractivity contribution in [3.8, 4) is 5.75 Å². The van der Waals surface area contributed by atoms with Gasteiger partial charge in [0.2, 0.25) is 0 Å². The molecule has 2 N–H and O–H groups in total. The lowest BCUT2D eigenvalue weighted by Crippen LogP contribution is -2.20. The summed E-state index contributed by atoms with van der Waals surface area (Å²) in [5, 5.41) is 0. The quantitative estimate of drug-likeness (QED) is 0.637. The molecule has 0 amide bonds. The molecule has 0 radical (unpaired) electrons. The highest BCUT2D eigenvalue weighted by molar-refractivity contribution is 7.79. The lowest BCUT2D eigenvalue weighted by Gasteiger charge is -2.27. The van der Waals surface area contributed by atoms with Crippen LogP contribution >= 0.6 is 0 Å². The molecular formula is C17H20O6S. The summed E-state index contributed by atoms with van der Waals surface area (Å²) in [6.07, 6.45) is 0.911. The van der Waals surface area contributed by atoms with Gasteiger partial charge in [-0.3, -0.25) is 9.11 Å². The smallest absolute Gasteiger partial charge is 0.337 e. The van der Waals surface area contributed by atoms with Crippen LogP contribution in [0.15, 0.2) is 48.5 Å². The first-order valence-electron chi connectivity index (χ1n) is 7.36. The largest absolute Gasteiger partial charge is 0.394 e. The van der Waals surface area contributed by atoms with Crippen molar-refractivity contribution < 1.29 is 27.3 Å². The Labute approximate surface area is 141 Å². The molecule has 7 heteroatoms. The van der Waals surface area contributed by atoms with E-state index in [-0.39, 0.29) is 5.41 Å². The average Bonchev–Trinajstić information content (AvgIpc) is 2.53. The molecule has 0 bridgehead atoms. The molecule has 0 aliphatic carbocycles. The van der Waals surface area contributed by atoms with Crippen LogP contribution in [0.3, 0.4) is 0 Å². The van der Waals surface area contributed by atoms with Crippen LogP contribution in [0, 0.1) is 0 Å². The highest BCUT2D eigenvalue weighted by Crippen LogP contribution is 2.34. The molecule has 0 fully saturated rings. The highest BCUT2D eigenvalue weighted by Gasteiger charge is 2.24. The molecule has 2 aromatic carbocycles. The van der Waals surface area contributed by atoms with Crippen LogP contribution in [0.25, 0.3) is 0 Å². The average molecular weight is 352 g/mol. The van der Waals surface area contributed by atoms with Crippen molar-refractivity contribution in [2.45, 2.75) is 25.7 Å². The van der Waals surface area contributed by atoms with E-state index < -0.39 is 10.4 Å². The van der Waals surface area contributed by atoms with Crippen LogP contribution in [-0.4, -0.2) is 24.1 Å². The number of rotatable bonds is 2. The minimum atomic E-state index is -4.67. The molecular weight excluding hydrogens is 332 g/mol. The molecule has 6 nitrogen and oxygen atoms in total. The Hall–Kier alpha value is -1.93. The molecule has 2 aromatic rings. The van der Waals surface area contributed by atoms with Gasteiger partial charge in [0, 0.05) is 17.4 Å². The Balaban J connectivity index is 0.000000368. The minimum absolute atomic E-state index is 0.00536. The third kappa shape index (κ3) is 5.04. The van der Waals surface area contributed by atoms with Gasteiger partial charge in [-0.2, -0.15) is 13.3 Å². The predicted molar refractivity (Wildman–Crippen MR) is 89.5 cm³/mol. The lowest BCUT2D eigenvalue weighted by atomic mass is 9.77. The maximum Gasteiger partial charge on any atom is 0.394 e. The summed E-state index contributed by atoms with van der Waals surface area (Å²) in [6, 6.07) is 17.0. The van der Waals surface area contributed by atoms with Gasteiger partial charge in [0.1, 0.15) is 0 Å². The van der Waals surface area contributed by atoms with Gasteiger partial charge in [0.25, 0.3) is 0 Å². The summed E-state index contributed by atoms with van der Waals surface area (Å²) >= 11 is 0. The van der Waals surface area contributed by atoms with Gasteiger partial charge in [-0.15, -0.1) is 0 Å². The van der Waals surface area contributed by atoms with E-state index in [1.54, 1.807) is 0 Å². The first-order chi connectivity index (χ1) is 11.2. The fourth-order valence-electron chi connectivity index (χ4n) is 2.52. The van der Waals surface area contributed by atoms with E-state index in [2.05, 4.69) is 56.3 Å². The topological polar surface area (TPSA) is 93.1 Å². The monoisotopic (exact) mass is 352 g/mol. The SMILES string of the molecule is CC(C)(c1ccccc1)c1ccc2c(c1)CCOO2.O=S(=O)(O)O. The number of fused-ring (bicyclic) bond motifs is 1. The van der Waals surface area contributed by atoms with Gasteiger partial charge >= 0.3 is 10.4 Å². The van der Waals surface area contributed by atoms with Crippen LogP contribution in [0.2, 0.25) is 0 Å². The normalized spacial score (nSPS) is 14.0. The van der Waals surface area contributed by atoms with E-state index in [4.69, 9.17) is 27.3 Å². The molecule has 0 spiro atoms. The van der Waals surface area contributed by atoms with Gasteiger partial charge in [-0.05, 0) is 17.2 Å². The molecule has 0 saturated heterocycles. The summed E-state index contributed by atoms with van der Waals surface area (Å²) in [6.45, 7) is 5.14. The van der Waals surface area contributed by atoms with Gasteiger partial charge in [0.05, 0.1) is 6.61 Å². The maximum atomic E-state index is 8.74. The second-order valence-electron chi connectivity index (χ2n) is 5.92. The Bertz CT molecular complexity index is 776. The molecule has 0 aromatic heterocycles. The van der Waals surface area contributed by atoms with Crippen LogP contribution < -0.4 is 4.89 Å². The molecule has 24 heavy (non-hydrogen) atoms. The zero-order chi connectivity index (χ0) is 17.8. The van der Waals surface area contributed by atoms with Crippen molar-refractivity contribution in [1.29, 1.82) is 0 Å². The molecule has 1 aliphatic heterocycles. The van der Waals surface area contributed by atoms with Crippen molar-refractivity contribution in [1.82, 2.24) is 0 Å². The molecule has 0 atom stereocenters. The number of benzene rings is 2. The van der Waals surface area contributed by atoms with E-state index in [1.165, 1.54) is 16.7 Å². The Morgan fingerprint density at radius 3 is 2.25 bits per heavy atom. The van der Waals surface area contributed by atoms with E-state index in [0.717, 1.165) is 12.2 Å². The molecule has 1 heterocycles. The second kappa shape index (κ2) is 7.31. The van der Waals surface area contributed by atoms with Gasteiger partial charge in [-0.25, -0.2) is 0 Å². The summed E-state index contributed by atoms with van der Waals surface area (Å²) in [5.41, 5.74) is 3.85. The summed E-state index contributed by atoms with van der Waals surface area (Å²) < 4.78 is 31.6. The van der Waals surface area contributed by atoms with Crippen LogP contribution in [0.4, 0.5) is 0 Å². The Kier molecular flexibility index (Phi) is 5.61. The van der Waals surface area contributed by atoms with Crippen LogP contribution in [0.1, 0.15) is 30.5 Å². The van der Waals surface area contributed by atoms with Crippen molar-refractivity contribution in [3.05, 3.63) is 65.2 Å².